The maximum atomic E-state index is 12.3. The highest BCUT2D eigenvalue weighted by Gasteiger charge is 2.39. The van der Waals surface area contributed by atoms with Gasteiger partial charge in [0, 0.05) is 38.1 Å². The summed E-state index contributed by atoms with van der Waals surface area (Å²) >= 11 is 1.54. The van der Waals surface area contributed by atoms with Gasteiger partial charge in [0.15, 0.2) is 0 Å². The molecule has 2 heterocycles. The topological polar surface area (TPSA) is 77.9 Å². The Hall–Kier alpha value is -1.24. The van der Waals surface area contributed by atoms with Crippen molar-refractivity contribution in [1.29, 1.82) is 0 Å². The van der Waals surface area contributed by atoms with Crippen LogP contribution in [0.3, 0.4) is 0 Å². The molecule has 7 heteroatoms. The van der Waals surface area contributed by atoms with E-state index < -0.39 is 12.0 Å². The average Bonchev–Trinajstić information content (AvgIpc) is 2.68. The first-order valence-corrected chi connectivity index (χ1v) is 7.01. The van der Waals surface area contributed by atoms with Crippen LogP contribution in [0.5, 0.6) is 0 Å². The van der Waals surface area contributed by atoms with Gasteiger partial charge in [0.1, 0.15) is 6.04 Å². The molecule has 0 aromatic heterocycles. The van der Waals surface area contributed by atoms with Gasteiger partial charge in [0.2, 0.25) is 11.8 Å². The molecule has 2 aliphatic heterocycles. The summed E-state index contributed by atoms with van der Waals surface area (Å²) in [4.78, 5) is 37.8. The summed E-state index contributed by atoms with van der Waals surface area (Å²) < 4.78 is 0. The fourth-order valence-corrected chi connectivity index (χ4v) is 3.37. The van der Waals surface area contributed by atoms with Crippen molar-refractivity contribution in [2.24, 2.45) is 5.92 Å². The lowest BCUT2D eigenvalue weighted by Gasteiger charge is -2.34. The maximum absolute atomic E-state index is 12.3. The van der Waals surface area contributed by atoms with Crippen molar-refractivity contribution in [2.75, 3.05) is 31.6 Å². The number of rotatable bonds is 2. The number of carbonyl (C=O) groups excluding carboxylic acids is 2. The van der Waals surface area contributed by atoms with E-state index in [1.807, 2.05) is 0 Å². The number of carbonyl (C=O) groups is 3. The zero-order valence-electron chi connectivity index (χ0n) is 10.2. The summed E-state index contributed by atoms with van der Waals surface area (Å²) in [7, 11) is 1.66. The summed E-state index contributed by atoms with van der Waals surface area (Å²) in [6.45, 7) is 0.850. The van der Waals surface area contributed by atoms with Crippen LogP contribution < -0.4 is 0 Å². The molecule has 6 nitrogen and oxygen atoms in total. The van der Waals surface area contributed by atoms with Crippen molar-refractivity contribution >= 4 is 29.5 Å². The van der Waals surface area contributed by atoms with Gasteiger partial charge >= 0.3 is 5.97 Å². The predicted molar refractivity (Wildman–Crippen MR) is 66.2 cm³/mol. The van der Waals surface area contributed by atoms with E-state index in [9.17, 15) is 14.4 Å². The second-order valence-corrected chi connectivity index (χ2v) is 5.79. The molecule has 2 rings (SSSR count). The highest BCUT2D eigenvalue weighted by Crippen LogP contribution is 2.23. The lowest BCUT2D eigenvalue weighted by atomic mass is 10.1. The number of nitrogens with zero attached hydrogens (tertiary/aromatic N) is 2. The van der Waals surface area contributed by atoms with E-state index in [1.54, 1.807) is 18.8 Å². The molecule has 18 heavy (non-hydrogen) atoms. The number of thioether (sulfide) groups is 1. The van der Waals surface area contributed by atoms with Gasteiger partial charge in [-0.05, 0) is 0 Å². The molecule has 2 amide bonds. The Kier molecular flexibility index (Phi) is 3.79. The van der Waals surface area contributed by atoms with Crippen LogP contribution in [0.1, 0.15) is 6.42 Å². The number of hydrogen-bond donors (Lipinski definition) is 1. The molecule has 0 radical (unpaired) electrons. The van der Waals surface area contributed by atoms with Crippen LogP contribution in [0.2, 0.25) is 0 Å². The maximum Gasteiger partial charge on any atom is 0.327 e. The molecule has 0 spiro atoms. The van der Waals surface area contributed by atoms with Gasteiger partial charge < -0.3 is 14.9 Å². The third-order valence-electron chi connectivity index (χ3n) is 3.39. The van der Waals surface area contributed by atoms with Crippen LogP contribution in [-0.2, 0) is 14.4 Å². The molecule has 2 unspecified atom stereocenters. The number of carboxylic acid groups (broad SMARTS) is 1. The monoisotopic (exact) mass is 272 g/mol. The summed E-state index contributed by atoms with van der Waals surface area (Å²) in [6, 6.07) is -0.753. The molecule has 2 fully saturated rings. The van der Waals surface area contributed by atoms with Crippen LogP contribution in [0.25, 0.3) is 0 Å². The van der Waals surface area contributed by atoms with Crippen LogP contribution >= 0.6 is 11.8 Å². The van der Waals surface area contributed by atoms with E-state index in [0.717, 1.165) is 5.75 Å². The van der Waals surface area contributed by atoms with Crippen molar-refractivity contribution in [3.63, 3.8) is 0 Å². The Morgan fingerprint density at radius 2 is 2.17 bits per heavy atom. The standard InChI is InChI=1S/C11H16N2O4S/c1-12-5-7(4-9(12)14)10(15)13-2-3-18-6-8(13)11(16)17/h7-8H,2-6H2,1H3,(H,16,17). The van der Waals surface area contributed by atoms with E-state index in [-0.39, 0.29) is 24.2 Å². The molecule has 1 N–H and O–H groups in total. The lowest BCUT2D eigenvalue weighted by Crippen LogP contribution is -2.52. The molecule has 100 valence electrons. The molecular weight excluding hydrogens is 256 g/mol. The Morgan fingerprint density at radius 1 is 1.44 bits per heavy atom. The third-order valence-corrected chi connectivity index (χ3v) is 4.41. The second-order valence-electron chi connectivity index (χ2n) is 4.64. The van der Waals surface area contributed by atoms with E-state index >= 15 is 0 Å². The molecule has 0 aromatic rings. The third kappa shape index (κ3) is 2.45. The minimum absolute atomic E-state index is 0.0494. The van der Waals surface area contributed by atoms with Crippen LogP contribution in [0.15, 0.2) is 0 Å². The van der Waals surface area contributed by atoms with E-state index in [0.29, 0.717) is 18.8 Å². The summed E-state index contributed by atoms with van der Waals surface area (Å²) in [5, 5.41) is 9.12. The largest absolute Gasteiger partial charge is 0.480 e. The Bertz CT molecular complexity index is 387. The first-order chi connectivity index (χ1) is 8.50. The average molecular weight is 272 g/mol. The highest BCUT2D eigenvalue weighted by molar-refractivity contribution is 7.99. The first-order valence-electron chi connectivity index (χ1n) is 5.85. The van der Waals surface area contributed by atoms with Crippen molar-refractivity contribution in [3.8, 4) is 0 Å². The minimum Gasteiger partial charge on any atom is -0.480 e. The SMILES string of the molecule is CN1CC(C(=O)N2CCSCC2C(=O)O)CC1=O. The van der Waals surface area contributed by atoms with Crippen LogP contribution in [0, 0.1) is 5.92 Å². The summed E-state index contributed by atoms with van der Waals surface area (Å²) in [5.41, 5.74) is 0. The zero-order valence-corrected chi connectivity index (χ0v) is 11.0. The quantitative estimate of drug-likeness (QED) is 0.733. The fraction of sp³-hybridized carbons (Fsp3) is 0.727. The van der Waals surface area contributed by atoms with Gasteiger partial charge in [-0.3, -0.25) is 9.59 Å². The van der Waals surface area contributed by atoms with Crippen molar-refractivity contribution in [1.82, 2.24) is 9.80 Å². The predicted octanol–water partition coefficient (Wildman–Crippen LogP) is -0.507. The molecule has 0 bridgehead atoms. The number of likely N-dealkylation sites (tertiary alicyclic amines) is 1. The molecule has 0 aromatic carbocycles. The smallest absolute Gasteiger partial charge is 0.327 e. The van der Waals surface area contributed by atoms with Crippen molar-refractivity contribution < 1.29 is 19.5 Å². The number of aliphatic carboxylic acids is 1. The number of hydrogen-bond acceptors (Lipinski definition) is 4. The number of carboxylic acids is 1. The minimum atomic E-state index is -0.965. The van der Waals surface area contributed by atoms with Crippen molar-refractivity contribution in [2.45, 2.75) is 12.5 Å². The fourth-order valence-electron chi connectivity index (χ4n) is 2.34. The normalized spacial score (nSPS) is 28.6. The second kappa shape index (κ2) is 5.17. The number of amides is 2. The van der Waals surface area contributed by atoms with Crippen LogP contribution in [0.4, 0.5) is 0 Å². The summed E-state index contributed by atoms with van der Waals surface area (Å²) in [6.07, 6.45) is 0.200. The molecule has 2 aliphatic rings. The molecule has 2 atom stereocenters. The van der Waals surface area contributed by atoms with Gasteiger partial charge in [-0.15, -0.1) is 0 Å². The molecule has 0 aliphatic carbocycles. The molecule has 2 saturated heterocycles. The van der Waals surface area contributed by atoms with Crippen LogP contribution in [-0.4, -0.2) is 70.4 Å². The van der Waals surface area contributed by atoms with Gasteiger partial charge in [0.05, 0.1) is 5.92 Å². The van der Waals surface area contributed by atoms with E-state index in [2.05, 4.69) is 0 Å². The van der Waals surface area contributed by atoms with Gasteiger partial charge in [-0.2, -0.15) is 11.8 Å². The summed E-state index contributed by atoms with van der Waals surface area (Å²) in [5.74, 6) is -0.406. The Morgan fingerprint density at radius 3 is 2.72 bits per heavy atom. The van der Waals surface area contributed by atoms with Gasteiger partial charge in [-0.25, -0.2) is 4.79 Å². The highest BCUT2D eigenvalue weighted by atomic mass is 32.2. The van der Waals surface area contributed by atoms with E-state index in [4.69, 9.17) is 5.11 Å². The first kappa shape index (κ1) is 13.2. The molecular formula is C11H16N2O4S. The van der Waals surface area contributed by atoms with Gasteiger partial charge in [-0.1, -0.05) is 0 Å². The molecule has 0 saturated carbocycles. The lowest BCUT2D eigenvalue weighted by molar-refractivity contribution is -0.150. The Labute approximate surface area is 109 Å². The zero-order chi connectivity index (χ0) is 13.3. The Balaban J connectivity index is 2.07. The van der Waals surface area contributed by atoms with Gasteiger partial charge in [0.25, 0.3) is 0 Å². The van der Waals surface area contributed by atoms with Crippen molar-refractivity contribution in [3.05, 3.63) is 0 Å². The van der Waals surface area contributed by atoms with E-state index in [1.165, 1.54) is 9.80 Å².